The molecule has 0 bridgehead atoms. The molecule has 0 aromatic heterocycles. The van der Waals surface area contributed by atoms with Gasteiger partial charge in [-0.2, -0.15) is 5.26 Å². The van der Waals surface area contributed by atoms with Gasteiger partial charge in [0, 0.05) is 13.1 Å². The van der Waals surface area contributed by atoms with E-state index < -0.39 is 5.97 Å². The van der Waals surface area contributed by atoms with Gasteiger partial charge in [0.25, 0.3) is 0 Å². The molecule has 5 nitrogen and oxygen atoms in total. The van der Waals surface area contributed by atoms with Crippen molar-refractivity contribution in [1.82, 2.24) is 0 Å². The summed E-state index contributed by atoms with van der Waals surface area (Å²) in [5, 5.41) is 18.0. The number of aromatic carboxylic acids is 1. The largest absolute Gasteiger partial charge is 0.478 e. The highest BCUT2D eigenvalue weighted by Gasteiger charge is 2.17. The second kappa shape index (κ2) is 6.98. The number of carboxylic acids is 1. The van der Waals surface area contributed by atoms with Crippen molar-refractivity contribution in [1.29, 1.82) is 5.26 Å². The zero-order chi connectivity index (χ0) is 16.0. The quantitative estimate of drug-likeness (QED) is 0.753. The molecule has 0 aliphatic heterocycles. The first-order chi connectivity index (χ1) is 9.80. The molecule has 1 rings (SSSR count). The van der Waals surface area contributed by atoms with Crippen molar-refractivity contribution in [2.75, 3.05) is 23.7 Å². The number of rotatable bonds is 7. The molecule has 1 aromatic rings. The van der Waals surface area contributed by atoms with Crippen LogP contribution in [0.2, 0.25) is 0 Å². The van der Waals surface area contributed by atoms with E-state index in [2.05, 4.69) is 11.0 Å². The third-order valence-electron chi connectivity index (χ3n) is 3.53. The van der Waals surface area contributed by atoms with Gasteiger partial charge in [-0.05, 0) is 51.8 Å². The first-order valence-corrected chi connectivity index (χ1v) is 7.09. The lowest BCUT2D eigenvalue weighted by molar-refractivity contribution is 0.0697. The average Bonchev–Trinajstić information content (AvgIpc) is 2.44. The first kappa shape index (κ1) is 16.8. The van der Waals surface area contributed by atoms with Crippen LogP contribution in [0, 0.1) is 16.7 Å². The fourth-order valence-electron chi connectivity index (χ4n) is 2.19. The summed E-state index contributed by atoms with van der Waals surface area (Å²) in [6, 6.07) is 7.09. The third-order valence-corrected chi connectivity index (χ3v) is 3.53. The molecule has 0 saturated heterocycles. The molecule has 0 radical (unpaired) electrons. The Bertz CT molecular complexity index is 547. The molecule has 0 saturated carbocycles. The Morgan fingerprint density at radius 2 is 2.14 bits per heavy atom. The number of hydrogen-bond acceptors (Lipinski definition) is 4. The molecule has 5 heteroatoms. The fraction of sp³-hybridized carbons (Fsp3) is 0.500. The Kier molecular flexibility index (Phi) is 5.60. The molecule has 3 N–H and O–H groups in total. The molecule has 0 aliphatic carbocycles. The molecule has 0 heterocycles. The summed E-state index contributed by atoms with van der Waals surface area (Å²) in [5.74, 6) is -0.980. The molecule has 0 fully saturated rings. The van der Waals surface area contributed by atoms with Crippen LogP contribution in [0.1, 0.15) is 44.0 Å². The summed E-state index contributed by atoms with van der Waals surface area (Å²) in [6.45, 7) is 7.46. The van der Waals surface area contributed by atoms with E-state index in [1.54, 1.807) is 12.1 Å². The molecule has 0 atom stereocenters. The van der Waals surface area contributed by atoms with Crippen LogP contribution in [0.3, 0.4) is 0 Å². The van der Waals surface area contributed by atoms with E-state index in [1.165, 1.54) is 6.07 Å². The van der Waals surface area contributed by atoms with Crippen LogP contribution in [-0.2, 0) is 0 Å². The van der Waals surface area contributed by atoms with E-state index in [-0.39, 0.29) is 11.0 Å². The van der Waals surface area contributed by atoms with Gasteiger partial charge in [-0.25, -0.2) is 4.79 Å². The Hall–Kier alpha value is -2.22. The highest BCUT2D eigenvalue weighted by molar-refractivity contribution is 5.90. The lowest BCUT2D eigenvalue weighted by atomic mass is 9.90. The number of nitrogen functional groups attached to an aromatic ring is 1. The molecular weight excluding hydrogens is 266 g/mol. The van der Waals surface area contributed by atoms with Crippen LogP contribution < -0.4 is 10.6 Å². The molecule has 21 heavy (non-hydrogen) atoms. The predicted molar refractivity (Wildman–Crippen MR) is 84.3 cm³/mol. The Morgan fingerprint density at radius 1 is 1.48 bits per heavy atom. The van der Waals surface area contributed by atoms with E-state index in [0.29, 0.717) is 5.69 Å². The van der Waals surface area contributed by atoms with Crippen LogP contribution in [0.25, 0.3) is 0 Å². The van der Waals surface area contributed by atoms with Crippen LogP contribution in [0.15, 0.2) is 18.2 Å². The van der Waals surface area contributed by atoms with Crippen LogP contribution in [0.4, 0.5) is 11.4 Å². The number of hydrogen-bond donors (Lipinski definition) is 2. The minimum Gasteiger partial charge on any atom is -0.478 e. The Balaban J connectivity index is 2.77. The minimum atomic E-state index is -0.980. The van der Waals surface area contributed by atoms with Crippen molar-refractivity contribution < 1.29 is 9.90 Å². The fourth-order valence-corrected chi connectivity index (χ4v) is 2.19. The first-order valence-electron chi connectivity index (χ1n) is 7.09. The Labute approximate surface area is 126 Å². The predicted octanol–water partition coefficient (Wildman–Crippen LogP) is 3.12. The maximum absolute atomic E-state index is 10.9. The number of nitriles is 1. The van der Waals surface area contributed by atoms with Crippen molar-refractivity contribution in [2.45, 2.75) is 33.6 Å². The monoisotopic (exact) mass is 289 g/mol. The van der Waals surface area contributed by atoms with Gasteiger partial charge in [0.05, 0.1) is 28.4 Å². The van der Waals surface area contributed by atoms with E-state index in [9.17, 15) is 4.79 Å². The normalized spacial score (nSPS) is 11.0. The summed E-state index contributed by atoms with van der Waals surface area (Å²) < 4.78 is 0. The zero-order valence-electron chi connectivity index (χ0n) is 12.9. The molecule has 0 unspecified atom stereocenters. The van der Waals surface area contributed by atoms with Crippen LogP contribution >= 0.6 is 0 Å². The van der Waals surface area contributed by atoms with E-state index >= 15 is 0 Å². The molecule has 114 valence electrons. The lowest BCUT2D eigenvalue weighted by Crippen LogP contribution is -2.26. The minimum absolute atomic E-state index is 0.193. The van der Waals surface area contributed by atoms with Gasteiger partial charge in [-0.15, -0.1) is 0 Å². The lowest BCUT2D eigenvalue weighted by Gasteiger charge is -2.26. The Morgan fingerprint density at radius 3 is 2.62 bits per heavy atom. The van der Waals surface area contributed by atoms with Gasteiger partial charge in [-0.1, -0.05) is 0 Å². The summed E-state index contributed by atoms with van der Waals surface area (Å²) >= 11 is 0. The van der Waals surface area contributed by atoms with Gasteiger partial charge in [0.2, 0.25) is 0 Å². The molecule has 1 aromatic carbocycles. The number of anilines is 2. The molecule has 0 amide bonds. The third kappa shape index (κ3) is 4.67. The van der Waals surface area contributed by atoms with Crippen molar-refractivity contribution in [3.05, 3.63) is 23.8 Å². The number of carboxylic acid groups (broad SMARTS) is 1. The van der Waals surface area contributed by atoms with Crippen LogP contribution in [0.5, 0.6) is 0 Å². The van der Waals surface area contributed by atoms with E-state index in [1.807, 2.05) is 20.8 Å². The van der Waals surface area contributed by atoms with Gasteiger partial charge >= 0.3 is 5.97 Å². The topological polar surface area (TPSA) is 90.3 Å². The summed E-state index contributed by atoms with van der Waals surface area (Å²) in [6.07, 6.45) is 1.70. The number of benzene rings is 1. The highest BCUT2D eigenvalue weighted by atomic mass is 16.4. The second-order valence-electron chi connectivity index (χ2n) is 5.76. The van der Waals surface area contributed by atoms with E-state index in [4.69, 9.17) is 16.1 Å². The van der Waals surface area contributed by atoms with Gasteiger partial charge < -0.3 is 15.7 Å². The average molecular weight is 289 g/mol. The van der Waals surface area contributed by atoms with Gasteiger partial charge in [0.1, 0.15) is 0 Å². The number of nitrogens with two attached hydrogens (primary N) is 1. The smallest absolute Gasteiger partial charge is 0.335 e. The number of nitrogens with zero attached hydrogens (tertiary/aromatic N) is 2. The molecule has 0 aliphatic rings. The number of carbonyl (C=O) groups is 1. The molecule has 0 spiro atoms. The van der Waals surface area contributed by atoms with Crippen molar-refractivity contribution >= 4 is 17.3 Å². The summed E-state index contributed by atoms with van der Waals surface area (Å²) in [5.41, 5.74) is 7.15. The SMILES string of the molecule is CCN(CCCC(C)(C)C#N)c1ccc(C(=O)O)cc1N. The van der Waals surface area contributed by atoms with Crippen molar-refractivity contribution in [3.63, 3.8) is 0 Å². The van der Waals surface area contributed by atoms with Crippen molar-refractivity contribution in [3.8, 4) is 6.07 Å². The zero-order valence-corrected chi connectivity index (χ0v) is 12.9. The van der Waals surface area contributed by atoms with E-state index in [0.717, 1.165) is 31.6 Å². The highest BCUT2D eigenvalue weighted by Crippen LogP contribution is 2.26. The molecular formula is C16H23N3O2. The van der Waals surface area contributed by atoms with Crippen molar-refractivity contribution in [2.24, 2.45) is 5.41 Å². The summed E-state index contributed by atoms with van der Waals surface area (Å²) in [7, 11) is 0. The van der Waals surface area contributed by atoms with Gasteiger partial charge in [-0.3, -0.25) is 0 Å². The second-order valence-corrected chi connectivity index (χ2v) is 5.76. The van der Waals surface area contributed by atoms with Gasteiger partial charge in [0.15, 0.2) is 0 Å². The maximum Gasteiger partial charge on any atom is 0.335 e. The standard InChI is InChI=1S/C16H23N3O2/c1-4-19(9-5-8-16(2,3)11-17)14-7-6-12(15(20)21)10-13(14)18/h6-7,10H,4-5,8-9,18H2,1-3H3,(H,20,21). The maximum atomic E-state index is 10.9. The summed E-state index contributed by atoms with van der Waals surface area (Å²) in [4.78, 5) is 13.0. The van der Waals surface area contributed by atoms with Crippen LogP contribution in [-0.4, -0.2) is 24.2 Å².